The van der Waals surface area contributed by atoms with Gasteiger partial charge in [-0.2, -0.15) is 14.6 Å². The Labute approximate surface area is 164 Å². The Morgan fingerprint density at radius 1 is 1.00 bits per heavy atom. The van der Waals surface area contributed by atoms with Gasteiger partial charge in [0.1, 0.15) is 4.88 Å². The van der Waals surface area contributed by atoms with E-state index in [1.165, 1.54) is 15.9 Å². The van der Waals surface area contributed by atoms with Crippen LogP contribution in [0.5, 0.6) is 0 Å². The number of benzene rings is 1. The molecule has 0 fully saturated rings. The molecule has 5 rings (SSSR count). The largest absolute Gasteiger partial charge is 0.301 e. The summed E-state index contributed by atoms with van der Waals surface area (Å²) in [5, 5.41) is 6.42. The van der Waals surface area contributed by atoms with Gasteiger partial charge in [0.25, 0.3) is 11.8 Å². The number of para-hydroxylation sites is 1. The number of hydrogen-bond donors (Lipinski definition) is 0. The number of thiazole rings is 1. The van der Waals surface area contributed by atoms with Crippen LogP contribution in [0.1, 0.15) is 20.2 Å². The maximum absolute atomic E-state index is 13.0. The normalized spacial score (nSPS) is 13.6. The number of anilines is 1. The van der Waals surface area contributed by atoms with Crippen molar-refractivity contribution in [2.75, 3.05) is 4.90 Å². The van der Waals surface area contributed by atoms with Crippen LogP contribution in [-0.2, 0) is 0 Å². The molecule has 4 aromatic rings. The van der Waals surface area contributed by atoms with E-state index in [0.29, 0.717) is 10.6 Å². The van der Waals surface area contributed by atoms with Gasteiger partial charge in [-0.1, -0.05) is 41.1 Å². The molecule has 2 amide bonds. The van der Waals surface area contributed by atoms with Crippen LogP contribution >= 0.6 is 34.3 Å². The van der Waals surface area contributed by atoms with Crippen molar-refractivity contribution < 1.29 is 9.59 Å². The van der Waals surface area contributed by atoms with Crippen LogP contribution in [0.15, 0.2) is 46.6 Å². The van der Waals surface area contributed by atoms with Crippen molar-refractivity contribution in [2.45, 2.75) is 0 Å². The fourth-order valence-electron chi connectivity index (χ4n) is 2.87. The van der Waals surface area contributed by atoms with Gasteiger partial charge in [-0.25, -0.2) is 4.90 Å². The highest BCUT2D eigenvalue weighted by Gasteiger charge is 2.42. The first kappa shape index (κ1) is 16.3. The van der Waals surface area contributed by atoms with Crippen LogP contribution in [0, 0.1) is 0 Å². The molecule has 1 aliphatic rings. The van der Waals surface area contributed by atoms with Crippen molar-refractivity contribution in [3.8, 4) is 10.6 Å². The molecule has 0 saturated carbocycles. The minimum absolute atomic E-state index is 0.0882. The fraction of sp³-hybridized carbons (Fsp3) is 0. The summed E-state index contributed by atoms with van der Waals surface area (Å²) in [7, 11) is 0. The molecule has 7 nitrogen and oxygen atoms in total. The average molecular weight is 415 g/mol. The molecule has 0 unspecified atom stereocenters. The SMILES string of the molecule is O=C1c2sc3nc(=O)c(-c4cccs4)nn3c2C(=O)N1c1ccccc1Cl. The maximum Gasteiger partial charge on any atom is 0.301 e. The van der Waals surface area contributed by atoms with Crippen LogP contribution in [0.25, 0.3) is 15.5 Å². The molecule has 3 aromatic heterocycles. The highest BCUT2D eigenvalue weighted by Crippen LogP contribution is 2.36. The van der Waals surface area contributed by atoms with Crippen molar-refractivity contribution in [2.24, 2.45) is 0 Å². The van der Waals surface area contributed by atoms with E-state index in [0.717, 1.165) is 16.2 Å². The van der Waals surface area contributed by atoms with Crippen LogP contribution < -0.4 is 10.5 Å². The third-order valence-electron chi connectivity index (χ3n) is 4.05. The molecule has 1 aromatic carbocycles. The number of aromatic nitrogens is 3. The van der Waals surface area contributed by atoms with Crippen LogP contribution in [0.3, 0.4) is 0 Å². The number of carbonyl (C=O) groups is 2. The van der Waals surface area contributed by atoms with Gasteiger partial charge in [0.2, 0.25) is 4.96 Å². The van der Waals surface area contributed by atoms with E-state index in [1.807, 2.05) is 5.38 Å². The smallest absolute Gasteiger partial charge is 0.267 e. The van der Waals surface area contributed by atoms with Gasteiger partial charge >= 0.3 is 5.56 Å². The average Bonchev–Trinajstić information content (AvgIpc) is 3.34. The monoisotopic (exact) mass is 414 g/mol. The predicted octanol–water partition coefficient (Wildman–Crippen LogP) is 3.33. The lowest BCUT2D eigenvalue weighted by molar-refractivity contribution is 0.0924. The van der Waals surface area contributed by atoms with E-state index in [1.54, 1.807) is 36.4 Å². The van der Waals surface area contributed by atoms with Gasteiger partial charge in [-0.15, -0.1) is 11.3 Å². The summed E-state index contributed by atoms with van der Waals surface area (Å²) in [4.78, 5) is 44.2. The minimum atomic E-state index is -0.551. The van der Waals surface area contributed by atoms with Gasteiger partial charge in [-0.3, -0.25) is 14.4 Å². The quantitative estimate of drug-likeness (QED) is 0.470. The Morgan fingerprint density at radius 3 is 2.56 bits per heavy atom. The molecule has 1 aliphatic heterocycles. The molecule has 132 valence electrons. The van der Waals surface area contributed by atoms with Crippen molar-refractivity contribution in [1.82, 2.24) is 14.6 Å². The molecule has 10 heteroatoms. The summed E-state index contributed by atoms with van der Waals surface area (Å²) in [5.74, 6) is -1.06. The van der Waals surface area contributed by atoms with Gasteiger partial charge < -0.3 is 0 Å². The number of rotatable bonds is 2. The summed E-state index contributed by atoms with van der Waals surface area (Å²) in [6.45, 7) is 0. The summed E-state index contributed by atoms with van der Waals surface area (Å²) in [6.07, 6.45) is 0. The van der Waals surface area contributed by atoms with Gasteiger partial charge in [-0.05, 0) is 23.6 Å². The Bertz CT molecular complexity index is 1310. The van der Waals surface area contributed by atoms with Crippen molar-refractivity contribution in [1.29, 1.82) is 0 Å². The molecule has 0 spiro atoms. The molecular weight excluding hydrogens is 408 g/mol. The highest BCUT2D eigenvalue weighted by molar-refractivity contribution is 7.19. The zero-order chi connectivity index (χ0) is 18.7. The number of carbonyl (C=O) groups excluding carboxylic acids is 2. The minimum Gasteiger partial charge on any atom is -0.267 e. The van der Waals surface area contributed by atoms with E-state index < -0.39 is 17.4 Å². The Balaban J connectivity index is 1.73. The molecule has 0 bridgehead atoms. The first-order chi connectivity index (χ1) is 13.1. The lowest BCUT2D eigenvalue weighted by Crippen LogP contribution is -2.30. The molecule has 0 saturated heterocycles. The maximum atomic E-state index is 13.0. The van der Waals surface area contributed by atoms with E-state index in [9.17, 15) is 14.4 Å². The predicted molar refractivity (Wildman–Crippen MR) is 103 cm³/mol. The molecule has 4 heterocycles. The van der Waals surface area contributed by atoms with Crippen molar-refractivity contribution >= 4 is 56.7 Å². The highest BCUT2D eigenvalue weighted by atomic mass is 35.5. The second-order valence-corrected chi connectivity index (χ2v) is 7.95. The molecule has 27 heavy (non-hydrogen) atoms. The van der Waals surface area contributed by atoms with Gasteiger partial charge in [0.05, 0.1) is 15.6 Å². The second-order valence-electron chi connectivity index (χ2n) is 5.61. The molecule has 0 radical (unpaired) electrons. The lowest BCUT2D eigenvalue weighted by Gasteiger charge is -2.15. The molecule has 0 atom stereocenters. The van der Waals surface area contributed by atoms with Crippen LogP contribution in [0.2, 0.25) is 5.02 Å². The first-order valence-electron chi connectivity index (χ1n) is 7.67. The summed E-state index contributed by atoms with van der Waals surface area (Å²) in [5.41, 5.74) is 0.0307. The topological polar surface area (TPSA) is 84.6 Å². The number of imide groups is 1. The molecular formula is C17H7ClN4O3S2. The Kier molecular flexibility index (Phi) is 3.51. The third-order valence-corrected chi connectivity index (χ3v) is 6.27. The molecule has 0 aliphatic carbocycles. The number of hydrogen-bond acceptors (Lipinski definition) is 7. The van der Waals surface area contributed by atoms with Crippen molar-refractivity contribution in [3.63, 3.8) is 0 Å². The van der Waals surface area contributed by atoms with Crippen LogP contribution in [0.4, 0.5) is 5.69 Å². The summed E-state index contributed by atoms with van der Waals surface area (Å²) >= 11 is 8.46. The zero-order valence-corrected chi connectivity index (χ0v) is 15.6. The van der Waals surface area contributed by atoms with Gasteiger partial charge in [0, 0.05) is 0 Å². The van der Waals surface area contributed by atoms with E-state index in [4.69, 9.17) is 11.6 Å². The van der Waals surface area contributed by atoms with E-state index in [-0.39, 0.29) is 26.2 Å². The zero-order valence-electron chi connectivity index (χ0n) is 13.2. The molecule has 0 N–H and O–H groups in total. The first-order valence-corrected chi connectivity index (χ1v) is 9.75. The third kappa shape index (κ3) is 2.29. The number of halogens is 1. The summed E-state index contributed by atoms with van der Waals surface area (Å²) < 4.78 is 1.27. The van der Waals surface area contributed by atoms with Crippen molar-refractivity contribution in [3.05, 3.63) is 67.7 Å². The van der Waals surface area contributed by atoms with E-state index >= 15 is 0 Å². The second kappa shape index (κ2) is 5.81. The van der Waals surface area contributed by atoms with Gasteiger partial charge in [0.15, 0.2) is 11.4 Å². The number of fused-ring (bicyclic) bond motifs is 3. The number of thiophene rings is 1. The van der Waals surface area contributed by atoms with E-state index in [2.05, 4.69) is 10.1 Å². The fourth-order valence-corrected chi connectivity index (χ4v) is 4.77. The lowest BCUT2D eigenvalue weighted by atomic mass is 10.3. The Hall–Kier alpha value is -2.88. The summed E-state index contributed by atoms with van der Waals surface area (Å²) in [6, 6.07) is 10.1. The number of amides is 2. The number of nitrogens with zero attached hydrogens (tertiary/aromatic N) is 4. The Morgan fingerprint density at radius 2 is 1.81 bits per heavy atom. The van der Waals surface area contributed by atoms with Crippen LogP contribution in [-0.4, -0.2) is 26.4 Å². The standard InChI is InChI=1S/C17H7ClN4O3S2/c18-8-4-1-2-5-9(8)21-15(24)12-13(16(21)25)27-17-19-14(23)11(20-22(12)17)10-6-3-7-26-10/h1-7H.